The van der Waals surface area contributed by atoms with Gasteiger partial charge in [-0.1, -0.05) is 33.8 Å². The van der Waals surface area contributed by atoms with Crippen molar-refractivity contribution in [1.82, 2.24) is 35.0 Å². The minimum Gasteiger partial charge on any atom is -0.371 e. The molecule has 2 aromatic heterocycles. The lowest BCUT2D eigenvalue weighted by atomic mass is 9.60. The van der Waals surface area contributed by atoms with Crippen LogP contribution in [-0.4, -0.2) is 131 Å². The number of likely N-dealkylation sites (tertiary alicyclic amines) is 2. The lowest BCUT2D eigenvalue weighted by molar-refractivity contribution is -0.152. The smallest absolute Gasteiger partial charge is 0.262 e. The average molecular weight is 1010 g/mol. The molecule has 5 aliphatic heterocycles. The van der Waals surface area contributed by atoms with E-state index >= 15 is 4.39 Å². The highest BCUT2D eigenvalue weighted by Crippen LogP contribution is 2.50. The zero-order valence-corrected chi connectivity index (χ0v) is 42.3. The van der Waals surface area contributed by atoms with E-state index in [4.69, 9.17) is 9.97 Å². The van der Waals surface area contributed by atoms with Crippen molar-refractivity contribution in [2.24, 2.45) is 11.3 Å². The lowest BCUT2D eigenvalue weighted by Gasteiger charge is -2.59. The number of aromatic nitrogens is 3. The Morgan fingerprint density at radius 3 is 2.35 bits per heavy atom. The summed E-state index contributed by atoms with van der Waals surface area (Å²) in [6, 6.07) is 11.3. The van der Waals surface area contributed by atoms with Gasteiger partial charge in [-0.05, 0) is 107 Å². The van der Waals surface area contributed by atoms with Gasteiger partial charge in [-0.2, -0.15) is 0 Å². The molecule has 4 saturated heterocycles. The maximum absolute atomic E-state index is 16.1. The van der Waals surface area contributed by atoms with Crippen molar-refractivity contribution < 1.29 is 36.8 Å². The van der Waals surface area contributed by atoms with Gasteiger partial charge in [-0.15, -0.1) is 11.3 Å². The minimum atomic E-state index is -3.72. The van der Waals surface area contributed by atoms with E-state index in [0.29, 0.717) is 52.6 Å². The summed E-state index contributed by atoms with van der Waals surface area (Å²) in [5.74, 6) is -1.77. The Labute approximate surface area is 417 Å². The number of halogens is 1. The van der Waals surface area contributed by atoms with Crippen LogP contribution in [0.15, 0.2) is 48.7 Å². The molecular weight excluding hydrogens is 948 g/mol. The fraction of sp³-hybridized carbons (Fsp3) is 0.529. The number of sulfonamides is 1. The van der Waals surface area contributed by atoms with Gasteiger partial charge in [0.1, 0.15) is 6.04 Å². The summed E-state index contributed by atoms with van der Waals surface area (Å²) in [6.45, 7) is 12.9. The van der Waals surface area contributed by atoms with E-state index in [1.54, 1.807) is 43.5 Å². The van der Waals surface area contributed by atoms with E-state index in [9.17, 15) is 32.4 Å². The van der Waals surface area contributed by atoms with Crippen molar-refractivity contribution in [3.63, 3.8) is 0 Å². The fourth-order valence-corrected chi connectivity index (χ4v) is 13.6. The number of piperidine rings is 3. The number of amides is 5. The van der Waals surface area contributed by atoms with E-state index in [2.05, 4.69) is 30.1 Å². The maximum atomic E-state index is 16.1. The monoisotopic (exact) mass is 1010 g/mol. The Morgan fingerprint density at radius 1 is 0.915 bits per heavy atom. The normalized spacial score (nSPS) is 21.3. The highest BCUT2D eigenvalue weighted by atomic mass is 32.2. The van der Waals surface area contributed by atoms with Crippen molar-refractivity contribution in [3.05, 3.63) is 70.6 Å². The molecule has 7 heterocycles. The highest BCUT2D eigenvalue weighted by molar-refractivity contribution is 7.92. The van der Waals surface area contributed by atoms with Crippen molar-refractivity contribution in [3.8, 4) is 21.8 Å². The quantitative estimate of drug-likeness (QED) is 0.124. The van der Waals surface area contributed by atoms with E-state index in [1.807, 2.05) is 31.7 Å². The number of fused-ring (bicyclic) bond motifs is 1. The van der Waals surface area contributed by atoms with E-state index in [-0.39, 0.29) is 58.2 Å². The number of hydrogen-bond donors (Lipinski definition) is 3. The molecule has 1 spiro atoms. The second-order valence-electron chi connectivity index (χ2n) is 21.4. The van der Waals surface area contributed by atoms with Crippen molar-refractivity contribution in [1.29, 1.82) is 0 Å². The molecule has 5 amide bonds. The molecule has 5 fully saturated rings. The van der Waals surface area contributed by atoms with Gasteiger partial charge in [0.05, 0.1) is 43.8 Å². The van der Waals surface area contributed by atoms with Crippen LogP contribution in [0.3, 0.4) is 0 Å². The number of hydrogen-bond acceptors (Lipinski definition) is 14. The van der Waals surface area contributed by atoms with Crippen LogP contribution in [0, 0.1) is 17.2 Å². The molecule has 1 saturated carbocycles. The summed E-state index contributed by atoms with van der Waals surface area (Å²) in [5, 5.41) is 6.53. The molecule has 1 atom stereocenters. The number of benzene rings is 2. The number of nitrogens with zero attached hydrogens (tertiary/aromatic N) is 7. The van der Waals surface area contributed by atoms with Crippen LogP contribution in [0.1, 0.15) is 118 Å². The molecule has 6 aliphatic rings. The molecule has 20 heteroatoms. The number of anilines is 3. The van der Waals surface area contributed by atoms with Crippen molar-refractivity contribution >= 4 is 68.2 Å². The summed E-state index contributed by atoms with van der Waals surface area (Å²) < 4.78 is 43.6. The first-order valence-corrected chi connectivity index (χ1v) is 27.4. The maximum Gasteiger partial charge on any atom is 0.262 e. The largest absolute Gasteiger partial charge is 0.371 e. The molecule has 4 aromatic rings. The summed E-state index contributed by atoms with van der Waals surface area (Å²) in [4.78, 5) is 87.1. The predicted octanol–water partition coefficient (Wildman–Crippen LogP) is 6.43. The Morgan fingerprint density at radius 2 is 1.65 bits per heavy atom. The first-order chi connectivity index (χ1) is 33.9. The number of carbonyl (C=O) groups is 5. The van der Waals surface area contributed by atoms with E-state index in [0.717, 1.165) is 93.4 Å². The number of carbonyl (C=O) groups excluding carboxylic acids is 5. The van der Waals surface area contributed by atoms with Gasteiger partial charge in [-0.3, -0.25) is 38.9 Å². The molecule has 0 bridgehead atoms. The first kappa shape index (κ1) is 48.8. The molecule has 1 aliphatic carbocycles. The topological polar surface area (TPSA) is 207 Å². The van der Waals surface area contributed by atoms with Gasteiger partial charge in [0, 0.05) is 79.4 Å². The Bertz CT molecular complexity index is 2890. The Kier molecular flexibility index (Phi) is 13.0. The van der Waals surface area contributed by atoms with Gasteiger partial charge < -0.3 is 20.0 Å². The van der Waals surface area contributed by atoms with Gasteiger partial charge >= 0.3 is 0 Å². The van der Waals surface area contributed by atoms with Gasteiger partial charge in [0.25, 0.3) is 11.8 Å². The second-order valence-corrected chi connectivity index (χ2v) is 24.2. The number of imide groups is 2. The molecule has 0 radical (unpaired) electrons. The van der Waals surface area contributed by atoms with Crippen molar-refractivity contribution in [2.45, 2.75) is 115 Å². The van der Waals surface area contributed by atoms with Crippen LogP contribution in [0.25, 0.3) is 21.8 Å². The highest BCUT2D eigenvalue weighted by Gasteiger charge is 2.54. The van der Waals surface area contributed by atoms with Crippen LogP contribution in [0.4, 0.5) is 21.7 Å². The fourth-order valence-electron chi connectivity index (χ4n) is 11.3. The Hall–Kier alpha value is -5.86. The van der Waals surface area contributed by atoms with Crippen LogP contribution in [0.5, 0.6) is 0 Å². The zero-order valence-electron chi connectivity index (χ0n) is 40.6. The van der Waals surface area contributed by atoms with Crippen molar-refractivity contribution in [2.75, 3.05) is 60.0 Å². The molecule has 10 rings (SSSR count). The van der Waals surface area contributed by atoms with Crippen LogP contribution in [-0.2, 0) is 29.8 Å². The van der Waals surface area contributed by atoms with Crippen LogP contribution in [0.2, 0.25) is 0 Å². The number of thiazole rings is 1. The number of nitrogens with one attached hydrogen (secondary N) is 3. The van der Waals surface area contributed by atoms with Gasteiger partial charge in [0.2, 0.25) is 33.7 Å². The minimum absolute atomic E-state index is 0.0805. The zero-order chi connectivity index (χ0) is 50.0. The summed E-state index contributed by atoms with van der Waals surface area (Å²) >= 11 is 1.43. The van der Waals surface area contributed by atoms with E-state index < -0.39 is 45.5 Å². The predicted molar refractivity (Wildman–Crippen MR) is 268 cm³/mol. The third-order valence-corrected chi connectivity index (χ3v) is 18.1. The van der Waals surface area contributed by atoms with E-state index in [1.165, 1.54) is 17.4 Å². The third-order valence-electron chi connectivity index (χ3n) is 15.1. The first-order valence-electron chi connectivity index (χ1n) is 24.9. The standard InChI is InChI=1S/C51H61FN10O7S2/c1-5-23-71(68,69)58-37-8-6-7-35(42(37)52)43-44(70-48(57-43)50(2,3)4)38-13-18-53-49(55-38)54-31-26-51(27-31)28-61(29-51)41(64)24-30-14-19-59(20-15-30)32-16-21-60(22-17-32)33-9-10-34-36(25-33)47(67)62(46(34)66)39-11-12-40(63)56-45(39)65/h6-10,13,18,25,30-32,39,58H,5,11-12,14-17,19-24,26-29H2,1-4H3,(H,53,54,55)(H,56,63,65)/t39-/m1/s1. The molecule has 17 nitrogen and oxygen atoms in total. The molecule has 71 heavy (non-hydrogen) atoms. The summed E-state index contributed by atoms with van der Waals surface area (Å²) in [6.07, 6.45) is 8.58. The summed E-state index contributed by atoms with van der Waals surface area (Å²) in [5.41, 5.74) is 2.25. The molecule has 2 aromatic carbocycles. The van der Waals surface area contributed by atoms with Crippen LogP contribution >= 0.6 is 11.3 Å². The third kappa shape index (κ3) is 9.78. The van der Waals surface area contributed by atoms with Crippen LogP contribution < -0.4 is 20.3 Å². The van der Waals surface area contributed by atoms with Gasteiger partial charge in [-0.25, -0.2) is 27.8 Å². The molecule has 0 unspecified atom stereocenters. The molecule has 3 N–H and O–H groups in total. The SMILES string of the molecule is CCCS(=O)(=O)Nc1cccc(-c2nc(C(C)(C)C)sc2-c2ccnc(NC3CC4(C3)CN(C(=O)CC3CCN(C5CCN(c6ccc7c(c6)C(=O)N([C@@H]6CCC(=O)NC6=O)C7=O)CC5)CC3)C4)n2)c1F. The average Bonchev–Trinajstić information content (AvgIpc) is 3.87. The second kappa shape index (κ2) is 19.0. The molecular formula is C51H61FN10O7S2. The number of rotatable bonds is 13. The summed E-state index contributed by atoms with van der Waals surface area (Å²) in [7, 11) is -3.72. The van der Waals surface area contributed by atoms with Gasteiger partial charge in [0.15, 0.2) is 5.82 Å². The molecule has 376 valence electrons. The lowest BCUT2D eigenvalue weighted by Crippen LogP contribution is -2.66. The Balaban J connectivity index is 0.678.